The first-order chi connectivity index (χ1) is 13.5. The molecule has 0 atom stereocenters. The number of aromatic nitrogens is 3. The lowest BCUT2D eigenvalue weighted by molar-refractivity contribution is -0.112. The molecule has 6 heteroatoms. The number of hydrogen-bond donors (Lipinski definition) is 1. The van der Waals surface area contributed by atoms with Gasteiger partial charge in [-0.3, -0.25) is 4.79 Å². The van der Waals surface area contributed by atoms with Gasteiger partial charge in [0.05, 0.1) is 12.2 Å². The lowest BCUT2D eigenvalue weighted by Crippen LogP contribution is -2.21. The fourth-order valence-corrected chi connectivity index (χ4v) is 4.06. The first kappa shape index (κ1) is 19.9. The lowest BCUT2D eigenvalue weighted by Gasteiger charge is -2.23. The summed E-state index contributed by atoms with van der Waals surface area (Å²) in [6.07, 6.45) is 10.2. The quantitative estimate of drug-likeness (QED) is 0.580. The van der Waals surface area contributed by atoms with Crippen LogP contribution in [0.5, 0.6) is 0 Å². The molecule has 0 saturated heterocycles. The number of aryl methyl sites for hydroxylation is 1. The molecule has 28 heavy (non-hydrogen) atoms. The third-order valence-corrected chi connectivity index (χ3v) is 5.56. The molecule has 0 spiro atoms. The topological polar surface area (TPSA) is 75.6 Å². The Labute approximate surface area is 166 Å². The van der Waals surface area contributed by atoms with Crippen molar-refractivity contribution in [3.8, 4) is 6.07 Å². The predicted octanol–water partition coefficient (Wildman–Crippen LogP) is 4.76. The Morgan fingerprint density at radius 2 is 2.11 bits per heavy atom. The molecule has 0 aliphatic heterocycles. The molecular weight excluding hydrogens is 350 g/mol. The highest BCUT2D eigenvalue weighted by molar-refractivity contribution is 6.09. The number of carbonyl (C=O) groups excluding carboxylic acids is 1. The summed E-state index contributed by atoms with van der Waals surface area (Å²) in [5.74, 6) is 0.273. The van der Waals surface area contributed by atoms with Crippen molar-refractivity contribution in [1.82, 2.24) is 14.3 Å². The molecule has 6 nitrogen and oxygen atoms in total. The monoisotopic (exact) mass is 379 g/mol. The van der Waals surface area contributed by atoms with Gasteiger partial charge < -0.3 is 9.88 Å². The fourth-order valence-electron chi connectivity index (χ4n) is 4.06. The number of carbonyl (C=O) groups is 1. The predicted molar refractivity (Wildman–Crippen MR) is 111 cm³/mol. The van der Waals surface area contributed by atoms with Crippen LogP contribution in [0.3, 0.4) is 0 Å². The first-order valence-electron chi connectivity index (χ1n) is 10.2. The molecule has 1 aliphatic rings. The van der Waals surface area contributed by atoms with Crippen LogP contribution in [-0.4, -0.2) is 20.3 Å². The Morgan fingerprint density at radius 1 is 1.36 bits per heavy atom. The highest BCUT2D eigenvalue weighted by Crippen LogP contribution is 2.30. The van der Waals surface area contributed by atoms with Crippen LogP contribution in [0.25, 0.3) is 6.08 Å². The Bertz CT molecular complexity index is 906. The normalized spacial score (nSPS) is 15.4. The minimum atomic E-state index is -0.389. The summed E-state index contributed by atoms with van der Waals surface area (Å²) >= 11 is 0. The Morgan fingerprint density at radius 3 is 2.79 bits per heavy atom. The van der Waals surface area contributed by atoms with E-state index in [1.54, 1.807) is 18.3 Å². The van der Waals surface area contributed by atoms with Crippen LogP contribution in [0.1, 0.15) is 68.4 Å². The maximum absolute atomic E-state index is 12.8. The molecule has 0 radical (unpaired) electrons. The van der Waals surface area contributed by atoms with Gasteiger partial charge in [-0.15, -0.1) is 0 Å². The number of hydrogen-bond acceptors (Lipinski definition) is 3. The van der Waals surface area contributed by atoms with Gasteiger partial charge in [-0.05, 0) is 50.8 Å². The van der Waals surface area contributed by atoms with E-state index >= 15 is 0 Å². The average molecular weight is 380 g/mol. The standard InChI is InChI=1S/C22H29N5O/c1-4-12-26-16(2)13-18(17(26)3)14-19(15-23)22(28)25-21-10-11-24-27(21)20-8-6-5-7-9-20/h10-11,13-14,20H,4-9,12H2,1-3H3,(H,25,28)/b19-14+. The fraction of sp³-hybridized carbons (Fsp3) is 0.500. The van der Waals surface area contributed by atoms with Gasteiger partial charge in [0.15, 0.2) is 0 Å². The van der Waals surface area contributed by atoms with E-state index in [-0.39, 0.29) is 11.5 Å². The lowest BCUT2D eigenvalue weighted by atomic mass is 9.96. The molecule has 1 N–H and O–H groups in total. The second kappa shape index (κ2) is 8.92. The molecule has 1 aliphatic carbocycles. The van der Waals surface area contributed by atoms with Crippen molar-refractivity contribution in [1.29, 1.82) is 5.26 Å². The number of amides is 1. The minimum absolute atomic E-state index is 0.105. The van der Waals surface area contributed by atoms with Crippen molar-refractivity contribution < 1.29 is 4.79 Å². The van der Waals surface area contributed by atoms with Crippen LogP contribution in [0.4, 0.5) is 5.82 Å². The second-order valence-corrected chi connectivity index (χ2v) is 7.55. The molecule has 148 valence electrons. The summed E-state index contributed by atoms with van der Waals surface area (Å²) < 4.78 is 4.12. The number of rotatable bonds is 6. The van der Waals surface area contributed by atoms with Crippen molar-refractivity contribution >= 4 is 17.8 Å². The number of nitrogens with zero attached hydrogens (tertiary/aromatic N) is 4. The summed E-state index contributed by atoms with van der Waals surface area (Å²) in [7, 11) is 0. The van der Waals surface area contributed by atoms with E-state index in [0.717, 1.165) is 42.8 Å². The summed E-state index contributed by atoms with van der Waals surface area (Å²) in [6, 6.07) is 6.21. The maximum Gasteiger partial charge on any atom is 0.267 e. The van der Waals surface area contributed by atoms with Crippen molar-refractivity contribution in [3.05, 3.63) is 40.9 Å². The van der Waals surface area contributed by atoms with Gasteiger partial charge >= 0.3 is 0 Å². The van der Waals surface area contributed by atoms with Crippen LogP contribution in [0.15, 0.2) is 23.9 Å². The third kappa shape index (κ3) is 4.19. The third-order valence-electron chi connectivity index (χ3n) is 5.56. The molecule has 1 fully saturated rings. The second-order valence-electron chi connectivity index (χ2n) is 7.55. The average Bonchev–Trinajstić information content (AvgIpc) is 3.26. The maximum atomic E-state index is 12.8. The Kier molecular flexibility index (Phi) is 6.35. The molecule has 2 heterocycles. The molecule has 0 unspecified atom stereocenters. The van der Waals surface area contributed by atoms with Crippen LogP contribution in [0.2, 0.25) is 0 Å². The molecule has 3 rings (SSSR count). The van der Waals surface area contributed by atoms with Gasteiger partial charge in [-0.1, -0.05) is 26.2 Å². The highest BCUT2D eigenvalue weighted by atomic mass is 16.1. The van der Waals surface area contributed by atoms with Gasteiger partial charge in [0.1, 0.15) is 17.5 Å². The van der Waals surface area contributed by atoms with Crippen molar-refractivity contribution in [2.45, 2.75) is 71.9 Å². The molecule has 1 saturated carbocycles. The van der Waals surface area contributed by atoms with Crippen LogP contribution >= 0.6 is 0 Å². The molecule has 2 aromatic heterocycles. The highest BCUT2D eigenvalue weighted by Gasteiger charge is 2.20. The summed E-state index contributed by atoms with van der Waals surface area (Å²) in [4.78, 5) is 12.8. The number of nitrogens with one attached hydrogen (secondary N) is 1. The van der Waals surface area contributed by atoms with Crippen molar-refractivity contribution in [3.63, 3.8) is 0 Å². The van der Waals surface area contributed by atoms with E-state index in [9.17, 15) is 10.1 Å². The largest absolute Gasteiger partial charge is 0.349 e. The van der Waals surface area contributed by atoms with Crippen LogP contribution < -0.4 is 5.32 Å². The van der Waals surface area contributed by atoms with Crippen LogP contribution in [0, 0.1) is 25.2 Å². The van der Waals surface area contributed by atoms with Crippen LogP contribution in [-0.2, 0) is 11.3 Å². The smallest absolute Gasteiger partial charge is 0.267 e. The zero-order valence-corrected chi connectivity index (χ0v) is 17.0. The van der Waals surface area contributed by atoms with Gasteiger partial charge in [0.25, 0.3) is 5.91 Å². The summed E-state index contributed by atoms with van der Waals surface area (Å²) in [5, 5.41) is 16.9. The number of anilines is 1. The van der Waals surface area contributed by atoms with Gasteiger partial charge in [-0.2, -0.15) is 10.4 Å². The molecule has 0 aromatic carbocycles. The first-order valence-corrected chi connectivity index (χ1v) is 10.2. The van der Waals surface area contributed by atoms with E-state index in [1.165, 1.54) is 19.3 Å². The Balaban J connectivity index is 1.80. The molecule has 0 bridgehead atoms. The zero-order chi connectivity index (χ0) is 20.1. The minimum Gasteiger partial charge on any atom is -0.349 e. The molecule has 2 aromatic rings. The van der Waals surface area contributed by atoms with Crippen molar-refractivity contribution in [2.24, 2.45) is 0 Å². The van der Waals surface area contributed by atoms with E-state index < -0.39 is 0 Å². The Hall–Kier alpha value is -2.81. The van der Waals surface area contributed by atoms with Gasteiger partial charge in [0.2, 0.25) is 0 Å². The van der Waals surface area contributed by atoms with E-state index in [1.807, 2.05) is 17.7 Å². The molecule has 1 amide bonds. The van der Waals surface area contributed by atoms with Crippen molar-refractivity contribution in [2.75, 3.05) is 5.32 Å². The van der Waals surface area contributed by atoms with E-state index in [2.05, 4.69) is 34.9 Å². The zero-order valence-electron chi connectivity index (χ0n) is 17.0. The molecular formula is C22H29N5O. The summed E-state index contributed by atoms with van der Waals surface area (Å²) in [5.41, 5.74) is 3.23. The van der Waals surface area contributed by atoms with E-state index in [0.29, 0.717) is 11.9 Å². The summed E-state index contributed by atoms with van der Waals surface area (Å²) in [6.45, 7) is 7.15. The van der Waals surface area contributed by atoms with Gasteiger partial charge in [-0.25, -0.2) is 4.68 Å². The SMILES string of the molecule is CCCn1c(C)cc(/C=C(\C#N)C(=O)Nc2ccnn2C2CCCCC2)c1C. The van der Waals surface area contributed by atoms with E-state index in [4.69, 9.17) is 0 Å². The van der Waals surface area contributed by atoms with Gasteiger partial charge in [0, 0.05) is 24.0 Å². The number of nitriles is 1.